The quantitative estimate of drug-likeness (QED) is 0.352. The molecule has 1 atom stereocenters. The Morgan fingerprint density at radius 1 is 0.931 bits per heavy atom. The first-order valence-electron chi connectivity index (χ1n) is 9.91. The summed E-state index contributed by atoms with van der Waals surface area (Å²) < 4.78 is 63.2. The number of ether oxygens (including phenoxy) is 1. The molecule has 0 aromatic heterocycles. The van der Waals surface area contributed by atoms with Crippen molar-refractivity contribution in [3.05, 3.63) is 71.5 Å². The lowest BCUT2D eigenvalue weighted by Crippen LogP contribution is -2.07. The van der Waals surface area contributed by atoms with Gasteiger partial charge in [0.2, 0.25) is 5.82 Å². The second-order valence-corrected chi connectivity index (χ2v) is 7.27. The molecule has 1 aliphatic carbocycles. The van der Waals surface area contributed by atoms with Gasteiger partial charge in [-0.05, 0) is 49.8 Å². The molecule has 0 amide bonds. The van der Waals surface area contributed by atoms with E-state index in [-0.39, 0.29) is 22.4 Å². The maximum Gasteiger partial charge on any atom is 0.201 e. The summed E-state index contributed by atoms with van der Waals surface area (Å²) >= 11 is 0. The predicted molar refractivity (Wildman–Crippen MR) is 107 cm³/mol. The van der Waals surface area contributed by atoms with E-state index in [2.05, 4.69) is 6.92 Å². The summed E-state index contributed by atoms with van der Waals surface area (Å²) in [6, 6.07) is 5.12. The van der Waals surface area contributed by atoms with Crippen LogP contribution in [0.3, 0.4) is 0 Å². The lowest BCUT2D eigenvalue weighted by atomic mass is 9.84. The van der Waals surface area contributed by atoms with Crippen molar-refractivity contribution >= 4 is 5.57 Å². The molecule has 154 valence electrons. The highest BCUT2D eigenvalue weighted by Crippen LogP contribution is 2.37. The second-order valence-electron chi connectivity index (χ2n) is 7.27. The van der Waals surface area contributed by atoms with Crippen LogP contribution in [0, 0.1) is 29.2 Å². The topological polar surface area (TPSA) is 9.23 Å². The van der Waals surface area contributed by atoms with Crippen LogP contribution < -0.4 is 4.74 Å². The van der Waals surface area contributed by atoms with Crippen LogP contribution in [0.4, 0.5) is 17.6 Å². The highest BCUT2D eigenvalue weighted by Gasteiger charge is 2.23. The fourth-order valence-electron chi connectivity index (χ4n) is 3.78. The van der Waals surface area contributed by atoms with Crippen molar-refractivity contribution in [3.63, 3.8) is 0 Å². The first kappa shape index (κ1) is 21.2. The maximum atomic E-state index is 14.8. The maximum absolute atomic E-state index is 14.8. The third kappa shape index (κ3) is 4.39. The number of halogens is 4. The van der Waals surface area contributed by atoms with E-state index in [0.717, 1.165) is 31.3 Å². The zero-order valence-electron chi connectivity index (χ0n) is 16.6. The van der Waals surface area contributed by atoms with Gasteiger partial charge in [-0.1, -0.05) is 44.1 Å². The Morgan fingerprint density at radius 3 is 2.17 bits per heavy atom. The zero-order valence-corrected chi connectivity index (χ0v) is 16.6. The SMILES string of the molecule is C/C=C/Oc1ccc(-c2ccc(C3=CCC(CCC)CC3)c(F)c2F)c(F)c1F. The average Bonchev–Trinajstić information content (AvgIpc) is 2.73. The molecule has 0 heterocycles. The number of allylic oxidation sites excluding steroid dienone is 3. The number of rotatable bonds is 6. The van der Waals surface area contributed by atoms with Gasteiger partial charge in [-0.2, -0.15) is 4.39 Å². The van der Waals surface area contributed by atoms with Crippen molar-refractivity contribution in [1.29, 1.82) is 0 Å². The molecule has 1 aliphatic rings. The van der Waals surface area contributed by atoms with Crippen molar-refractivity contribution in [1.82, 2.24) is 0 Å². The van der Waals surface area contributed by atoms with E-state index in [9.17, 15) is 17.6 Å². The Balaban J connectivity index is 1.94. The molecule has 1 nitrogen and oxygen atoms in total. The third-order valence-corrected chi connectivity index (χ3v) is 5.31. The summed E-state index contributed by atoms with van der Waals surface area (Å²) in [6.07, 6.45) is 9.38. The first-order valence-corrected chi connectivity index (χ1v) is 9.91. The highest BCUT2D eigenvalue weighted by molar-refractivity contribution is 5.72. The van der Waals surface area contributed by atoms with Gasteiger partial charge in [-0.15, -0.1) is 0 Å². The predicted octanol–water partition coefficient (Wildman–Crippen LogP) is 7.81. The first-order chi connectivity index (χ1) is 14.0. The largest absolute Gasteiger partial charge is 0.462 e. The molecule has 29 heavy (non-hydrogen) atoms. The fourth-order valence-corrected chi connectivity index (χ4v) is 3.78. The van der Waals surface area contributed by atoms with Gasteiger partial charge in [0.25, 0.3) is 0 Å². The van der Waals surface area contributed by atoms with Crippen molar-refractivity contribution in [2.24, 2.45) is 5.92 Å². The molecule has 0 fully saturated rings. The van der Waals surface area contributed by atoms with Crippen molar-refractivity contribution < 1.29 is 22.3 Å². The molecule has 0 saturated carbocycles. The Hall–Kier alpha value is -2.56. The molecule has 1 unspecified atom stereocenters. The number of hydrogen-bond acceptors (Lipinski definition) is 1. The summed E-state index contributed by atoms with van der Waals surface area (Å²) in [4.78, 5) is 0. The molecule has 0 bridgehead atoms. The van der Waals surface area contributed by atoms with Crippen LogP contribution in [0.15, 0.2) is 42.7 Å². The normalized spacial score (nSPS) is 16.9. The zero-order chi connectivity index (χ0) is 21.0. The fraction of sp³-hybridized carbons (Fsp3) is 0.333. The molecule has 2 aromatic rings. The molecule has 0 N–H and O–H groups in total. The Morgan fingerprint density at radius 2 is 1.55 bits per heavy atom. The smallest absolute Gasteiger partial charge is 0.201 e. The van der Waals surface area contributed by atoms with E-state index in [1.54, 1.807) is 6.92 Å². The van der Waals surface area contributed by atoms with E-state index in [4.69, 9.17) is 4.74 Å². The van der Waals surface area contributed by atoms with E-state index < -0.39 is 23.3 Å². The van der Waals surface area contributed by atoms with Crippen LogP contribution in [0.25, 0.3) is 16.7 Å². The lowest BCUT2D eigenvalue weighted by molar-refractivity contribution is 0.415. The molecule has 0 saturated heterocycles. The molecule has 0 aliphatic heterocycles. The van der Waals surface area contributed by atoms with Crippen LogP contribution in [0.5, 0.6) is 5.75 Å². The Labute approximate surface area is 168 Å². The van der Waals surface area contributed by atoms with Crippen molar-refractivity contribution in [2.45, 2.75) is 46.0 Å². The van der Waals surface area contributed by atoms with Crippen molar-refractivity contribution in [2.75, 3.05) is 0 Å². The summed E-state index contributed by atoms with van der Waals surface area (Å²) in [5, 5.41) is 0. The van der Waals surface area contributed by atoms with Gasteiger partial charge in [0.1, 0.15) is 0 Å². The highest BCUT2D eigenvalue weighted by atomic mass is 19.2. The van der Waals surface area contributed by atoms with E-state index in [1.807, 2.05) is 6.08 Å². The minimum atomic E-state index is -1.28. The van der Waals surface area contributed by atoms with E-state index >= 15 is 0 Å². The third-order valence-electron chi connectivity index (χ3n) is 5.31. The molecule has 3 rings (SSSR count). The van der Waals surface area contributed by atoms with Gasteiger partial charge in [0.15, 0.2) is 23.2 Å². The molecule has 5 heteroatoms. The van der Waals surface area contributed by atoms with Gasteiger partial charge in [-0.3, -0.25) is 0 Å². The summed E-state index contributed by atoms with van der Waals surface area (Å²) in [5.41, 5.74) is 0.289. The minimum absolute atomic E-state index is 0.190. The summed E-state index contributed by atoms with van der Waals surface area (Å²) in [6.45, 7) is 3.79. The van der Waals surface area contributed by atoms with E-state index in [1.165, 1.54) is 36.6 Å². The van der Waals surface area contributed by atoms with Crippen LogP contribution in [-0.4, -0.2) is 0 Å². The van der Waals surface area contributed by atoms with Gasteiger partial charge in [-0.25, -0.2) is 13.2 Å². The molecule has 0 spiro atoms. The standard InChI is InChI=1S/C24H24F4O/c1-3-5-15-6-8-16(9-7-15)17-10-11-18(22(26)21(17)25)19-12-13-20(29-14-4-2)24(28)23(19)27/h4,8,10-15H,3,5-7,9H2,1-2H3/b14-4+. The number of hydrogen-bond donors (Lipinski definition) is 0. The summed E-state index contributed by atoms with van der Waals surface area (Å²) in [7, 11) is 0. The lowest BCUT2D eigenvalue weighted by Gasteiger charge is -2.22. The molecule has 0 radical (unpaired) electrons. The Kier molecular flexibility index (Phi) is 6.78. The van der Waals surface area contributed by atoms with Gasteiger partial charge in [0, 0.05) is 16.7 Å². The molecular formula is C24H24F4O. The van der Waals surface area contributed by atoms with Crippen LogP contribution in [-0.2, 0) is 0 Å². The van der Waals surface area contributed by atoms with Gasteiger partial charge in [0.05, 0.1) is 6.26 Å². The molecular weight excluding hydrogens is 380 g/mol. The van der Waals surface area contributed by atoms with Crippen molar-refractivity contribution in [3.8, 4) is 16.9 Å². The Bertz CT molecular complexity index is 946. The van der Waals surface area contributed by atoms with Gasteiger partial charge >= 0.3 is 0 Å². The summed E-state index contributed by atoms with van der Waals surface area (Å²) in [5.74, 6) is -4.48. The average molecular weight is 404 g/mol. The minimum Gasteiger partial charge on any atom is -0.462 e. The van der Waals surface area contributed by atoms with Gasteiger partial charge < -0.3 is 4.74 Å². The van der Waals surface area contributed by atoms with Crippen LogP contribution in [0.1, 0.15) is 51.5 Å². The molecule has 2 aromatic carbocycles. The van der Waals surface area contributed by atoms with Crippen LogP contribution >= 0.6 is 0 Å². The van der Waals surface area contributed by atoms with E-state index in [0.29, 0.717) is 12.3 Å². The van der Waals surface area contributed by atoms with Crippen LogP contribution in [0.2, 0.25) is 0 Å². The number of benzene rings is 2. The second kappa shape index (κ2) is 9.29. The monoisotopic (exact) mass is 404 g/mol.